The minimum Gasteiger partial charge on any atom is -0.360 e. The number of aromatic nitrogens is 2. The predicted molar refractivity (Wildman–Crippen MR) is 96.7 cm³/mol. The standard InChI is InChI=1S/C19H20N4/c1-19(2,23-11-14-6-8-21-9-7-14)16-4-5-17-15(12-20-3)13-22-18(17)10-16/h4-13,22H,1-3H3/b20-12+,23-11+. The van der Waals surface area contributed by atoms with Gasteiger partial charge >= 0.3 is 0 Å². The molecule has 4 nitrogen and oxygen atoms in total. The van der Waals surface area contributed by atoms with E-state index < -0.39 is 0 Å². The van der Waals surface area contributed by atoms with Crippen LogP contribution in [-0.2, 0) is 5.54 Å². The molecule has 0 bridgehead atoms. The molecular formula is C19H20N4. The zero-order valence-electron chi connectivity index (χ0n) is 13.6. The first-order chi connectivity index (χ1) is 11.1. The molecular weight excluding hydrogens is 284 g/mol. The fourth-order valence-corrected chi connectivity index (χ4v) is 2.54. The number of hydrogen-bond acceptors (Lipinski definition) is 3. The minimum absolute atomic E-state index is 0.304. The molecule has 0 aliphatic rings. The first-order valence-electron chi connectivity index (χ1n) is 7.59. The second-order valence-corrected chi connectivity index (χ2v) is 5.99. The van der Waals surface area contributed by atoms with E-state index in [1.807, 2.05) is 30.8 Å². The molecule has 0 spiro atoms. The highest BCUT2D eigenvalue weighted by molar-refractivity contribution is 5.99. The van der Waals surface area contributed by atoms with Crippen LogP contribution in [0.2, 0.25) is 0 Å². The summed E-state index contributed by atoms with van der Waals surface area (Å²) in [4.78, 5) is 16.2. The van der Waals surface area contributed by atoms with Gasteiger partial charge in [0.15, 0.2) is 0 Å². The van der Waals surface area contributed by atoms with Crippen molar-refractivity contribution in [3.8, 4) is 0 Å². The first kappa shape index (κ1) is 15.2. The van der Waals surface area contributed by atoms with Gasteiger partial charge in [-0.2, -0.15) is 0 Å². The van der Waals surface area contributed by atoms with Crippen LogP contribution in [0.15, 0.2) is 58.9 Å². The number of hydrogen-bond donors (Lipinski definition) is 1. The third-order valence-corrected chi connectivity index (χ3v) is 3.93. The van der Waals surface area contributed by atoms with Gasteiger partial charge in [0.2, 0.25) is 0 Å². The number of fused-ring (bicyclic) bond motifs is 1. The number of benzene rings is 1. The molecule has 0 amide bonds. The van der Waals surface area contributed by atoms with Crippen LogP contribution in [0.5, 0.6) is 0 Å². The predicted octanol–water partition coefficient (Wildman–Crippen LogP) is 3.97. The Balaban J connectivity index is 1.93. The summed E-state index contributed by atoms with van der Waals surface area (Å²) in [5.74, 6) is 0. The van der Waals surface area contributed by atoms with Crippen molar-refractivity contribution < 1.29 is 0 Å². The molecule has 0 saturated carbocycles. The molecule has 1 aromatic carbocycles. The van der Waals surface area contributed by atoms with Crippen molar-refractivity contribution in [2.75, 3.05) is 7.05 Å². The van der Waals surface area contributed by atoms with E-state index in [4.69, 9.17) is 4.99 Å². The fourth-order valence-electron chi connectivity index (χ4n) is 2.54. The molecule has 0 fully saturated rings. The smallest absolute Gasteiger partial charge is 0.0801 e. The number of H-pyrrole nitrogens is 1. The molecule has 116 valence electrons. The number of aliphatic imine (C=N–C) groups is 2. The molecule has 2 heterocycles. The van der Waals surface area contributed by atoms with E-state index >= 15 is 0 Å². The SMILES string of the molecule is C/N=C/c1c[nH]c2cc(C(C)(C)/N=C/c3ccncc3)ccc12. The number of aromatic amines is 1. The average molecular weight is 304 g/mol. The van der Waals surface area contributed by atoms with Crippen molar-refractivity contribution in [2.24, 2.45) is 9.98 Å². The normalized spacial score (nSPS) is 12.7. The average Bonchev–Trinajstić information content (AvgIpc) is 2.97. The van der Waals surface area contributed by atoms with Gasteiger partial charge in [-0.1, -0.05) is 12.1 Å². The van der Waals surface area contributed by atoms with Crippen LogP contribution in [0.1, 0.15) is 30.5 Å². The monoisotopic (exact) mass is 304 g/mol. The molecule has 0 unspecified atom stereocenters. The molecule has 2 aromatic heterocycles. The Bertz CT molecular complexity index is 857. The molecule has 0 radical (unpaired) electrons. The summed E-state index contributed by atoms with van der Waals surface area (Å²) in [5.41, 5.74) is 4.12. The number of pyridine rings is 1. The molecule has 4 heteroatoms. The Kier molecular flexibility index (Phi) is 4.06. The highest BCUT2D eigenvalue weighted by atomic mass is 14.8. The van der Waals surface area contributed by atoms with Gasteiger partial charge in [0.1, 0.15) is 0 Å². The lowest BCUT2D eigenvalue weighted by Crippen LogP contribution is -2.14. The topological polar surface area (TPSA) is 53.4 Å². The van der Waals surface area contributed by atoms with E-state index in [1.165, 1.54) is 5.39 Å². The van der Waals surface area contributed by atoms with E-state index in [-0.39, 0.29) is 5.54 Å². The third kappa shape index (κ3) is 3.21. The largest absolute Gasteiger partial charge is 0.360 e. The van der Waals surface area contributed by atoms with Crippen molar-refractivity contribution >= 4 is 23.3 Å². The van der Waals surface area contributed by atoms with Gasteiger partial charge < -0.3 is 4.98 Å². The van der Waals surface area contributed by atoms with Gasteiger partial charge in [0.05, 0.1) is 5.54 Å². The number of rotatable bonds is 4. The highest BCUT2D eigenvalue weighted by Gasteiger charge is 2.19. The molecule has 3 rings (SSSR count). The zero-order chi connectivity index (χ0) is 16.3. The van der Waals surface area contributed by atoms with Crippen molar-refractivity contribution in [1.29, 1.82) is 0 Å². The van der Waals surface area contributed by atoms with Crippen LogP contribution in [0.3, 0.4) is 0 Å². The van der Waals surface area contributed by atoms with Crippen molar-refractivity contribution in [1.82, 2.24) is 9.97 Å². The summed E-state index contributed by atoms with van der Waals surface area (Å²) < 4.78 is 0. The highest BCUT2D eigenvalue weighted by Crippen LogP contribution is 2.28. The van der Waals surface area contributed by atoms with Crippen LogP contribution >= 0.6 is 0 Å². The summed E-state index contributed by atoms with van der Waals surface area (Å²) in [6.45, 7) is 4.23. The fraction of sp³-hybridized carbons (Fsp3) is 0.211. The molecule has 0 saturated heterocycles. The van der Waals surface area contributed by atoms with E-state index in [0.717, 1.165) is 22.2 Å². The summed E-state index contributed by atoms with van der Waals surface area (Å²) in [6.07, 6.45) is 9.29. The van der Waals surface area contributed by atoms with Gasteiger partial charge in [-0.3, -0.25) is 15.0 Å². The van der Waals surface area contributed by atoms with Gasteiger partial charge in [0.25, 0.3) is 0 Å². The summed E-state index contributed by atoms with van der Waals surface area (Å²) >= 11 is 0. The summed E-state index contributed by atoms with van der Waals surface area (Å²) in [6, 6.07) is 10.3. The van der Waals surface area contributed by atoms with Gasteiger partial charge in [-0.15, -0.1) is 0 Å². The Hall–Kier alpha value is -2.75. The molecule has 1 N–H and O–H groups in total. The van der Waals surface area contributed by atoms with Crippen LogP contribution in [-0.4, -0.2) is 29.4 Å². The van der Waals surface area contributed by atoms with E-state index in [1.54, 1.807) is 19.4 Å². The number of nitrogens with one attached hydrogen (secondary N) is 1. The molecule has 0 aliphatic heterocycles. The molecule has 0 atom stereocenters. The van der Waals surface area contributed by atoms with Crippen molar-refractivity contribution in [2.45, 2.75) is 19.4 Å². The Labute approximate surface area is 136 Å². The maximum absolute atomic E-state index is 4.75. The third-order valence-electron chi connectivity index (χ3n) is 3.93. The Morgan fingerprint density at radius 2 is 1.87 bits per heavy atom. The summed E-state index contributed by atoms with van der Waals surface area (Å²) in [7, 11) is 1.78. The van der Waals surface area contributed by atoms with E-state index in [9.17, 15) is 0 Å². The lowest BCUT2D eigenvalue weighted by atomic mass is 9.94. The Morgan fingerprint density at radius 1 is 1.09 bits per heavy atom. The minimum atomic E-state index is -0.304. The Morgan fingerprint density at radius 3 is 2.61 bits per heavy atom. The lowest BCUT2D eigenvalue weighted by Gasteiger charge is -2.20. The molecule has 23 heavy (non-hydrogen) atoms. The van der Waals surface area contributed by atoms with Crippen LogP contribution in [0, 0.1) is 0 Å². The zero-order valence-corrected chi connectivity index (χ0v) is 13.6. The van der Waals surface area contributed by atoms with Gasteiger partial charge in [-0.25, -0.2) is 0 Å². The maximum Gasteiger partial charge on any atom is 0.0801 e. The summed E-state index contributed by atoms with van der Waals surface area (Å²) in [5, 5.41) is 1.17. The van der Waals surface area contributed by atoms with Gasteiger partial charge in [-0.05, 0) is 43.2 Å². The van der Waals surface area contributed by atoms with E-state index in [0.29, 0.717) is 0 Å². The van der Waals surface area contributed by atoms with Crippen molar-refractivity contribution in [3.63, 3.8) is 0 Å². The van der Waals surface area contributed by atoms with Crippen LogP contribution in [0.4, 0.5) is 0 Å². The number of nitrogens with zero attached hydrogens (tertiary/aromatic N) is 3. The lowest BCUT2D eigenvalue weighted by molar-refractivity contribution is 0.562. The molecule has 3 aromatic rings. The second kappa shape index (κ2) is 6.16. The second-order valence-electron chi connectivity index (χ2n) is 5.99. The molecule has 0 aliphatic carbocycles. The van der Waals surface area contributed by atoms with Gasteiger partial charge in [0, 0.05) is 54.5 Å². The van der Waals surface area contributed by atoms with Crippen molar-refractivity contribution in [3.05, 3.63) is 65.6 Å². The van der Waals surface area contributed by atoms with Crippen LogP contribution < -0.4 is 0 Å². The first-order valence-corrected chi connectivity index (χ1v) is 7.59. The van der Waals surface area contributed by atoms with E-state index in [2.05, 4.69) is 47.0 Å². The quantitative estimate of drug-likeness (QED) is 0.729. The van der Waals surface area contributed by atoms with Crippen LogP contribution in [0.25, 0.3) is 10.9 Å². The maximum atomic E-state index is 4.75.